The van der Waals surface area contributed by atoms with Gasteiger partial charge in [-0.15, -0.1) is 0 Å². The Bertz CT molecular complexity index is 1240. The van der Waals surface area contributed by atoms with Gasteiger partial charge in [-0.3, -0.25) is 0 Å². The molecule has 1 aromatic carbocycles. The summed E-state index contributed by atoms with van der Waals surface area (Å²) in [4.78, 5) is 28.5. The molecule has 13 heteroatoms. The minimum absolute atomic E-state index is 0.0658. The van der Waals surface area contributed by atoms with Gasteiger partial charge in [0.05, 0.1) is 30.0 Å². The van der Waals surface area contributed by atoms with Gasteiger partial charge in [0.25, 0.3) is 0 Å². The lowest BCUT2D eigenvalue weighted by Crippen LogP contribution is -2.58. The van der Waals surface area contributed by atoms with Gasteiger partial charge in [-0.25, -0.2) is 14.2 Å². The summed E-state index contributed by atoms with van der Waals surface area (Å²) in [5.74, 6) is 0.669. The van der Waals surface area contributed by atoms with Crippen molar-refractivity contribution in [2.24, 2.45) is 5.41 Å². The number of anilines is 3. The molecule has 3 fully saturated rings. The van der Waals surface area contributed by atoms with Gasteiger partial charge < -0.3 is 30.1 Å². The van der Waals surface area contributed by atoms with Crippen molar-refractivity contribution in [1.29, 1.82) is 0 Å². The molecule has 2 aliphatic heterocycles. The van der Waals surface area contributed by atoms with Gasteiger partial charge in [0, 0.05) is 50.4 Å². The second-order valence-corrected chi connectivity index (χ2v) is 11.1. The van der Waals surface area contributed by atoms with Crippen LogP contribution in [0.25, 0.3) is 11.3 Å². The van der Waals surface area contributed by atoms with Crippen molar-refractivity contribution in [2.45, 2.75) is 38.4 Å². The van der Waals surface area contributed by atoms with Crippen LogP contribution in [0.2, 0.25) is 0 Å². The van der Waals surface area contributed by atoms with Gasteiger partial charge in [-0.1, -0.05) is 0 Å². The monoisotopic (exact) mass is 565 g/mol. The van der Waals surface area contributed by atoms with E-state index in [9.17, 15) is 22.4 Å². The van der Waals surface area contributed by atoms with E-state index >= 15 is 0 Å². The highest BCUT2D eigenvalue weighted by molar-refractivity contribution is 5.90. The first-order valence-corrected chi connectivity index (χ1v) is 13.5. The number of hydrogen-bond donors (Lipinski definition) is 2. The predicted octanol–water partition coefficient (Wildman–Crippen LogP) is 4.03. The number of urea groups is 1. The molecule has 3 heterocycles. The number of amides is 2. The number of likely N-dealkylation sites (N-methyl/N-ethyl adjacent to an activating group) is 1. The Kier molecular flexibility index (Phi) is 7.79. The number of hydrogen-bond acceptors (Lipinski definition) is 7. The van der Waals surface area contributed by atoms with Gasteiger partial charge in [0.2, 0.25) is 5.95 Å². The highest BCUT2D eigenvalue weighted by Crippen LogP contribution is 2.59. The van der Waals surface area contributed by atoms with Crippen molar-refractivity contribution in [2.75, 3.05) is 75.1 Å². The van der Waals surface area contributed by atoms with E-state index in [-0.39, 0.29) is 31.5 Å². The minimum atomic E-state index is -4.29. The van der Waals surface area contributed by atoms with E-state index in [1.807, 2.05) is 20.2 Å². The normalized spacial score (nSPS) is 19.0. The number of halogens is 4. The molecule has 5 rings (SSSR count). The minimum Gasteiger partial charge on any atom is -0.378 e. The standard InChI is InChI=1S/C27H35F4N7O2/c1-17-12-20(28)22(34-25(39)32-7-6-26(4-5-26)27(29,30)31)13-19(17)21-14-23(37-8-10-40-11-9-37)35-24(33-21)38-15-18(16-38)36(2)3/h12-14,18H,4-11,15-16H2,1-3H3,(H2,32,34,39). The molecule has 3 aliphatic rings. The third-order valence-electron chi connectivity index (χ3n) is 8.09. The van der Waals surface area contributed by atoms with Gasteiger partial charge in [-0.05, 0) is 58.0 Å². The molecule has 0 spiro atoms. The summed E-state index contributed by atoms with van der Waals surface area (Å²) in [5.41, 5.74) is 0.0284. The number of carbonyl (C=O) groups excluding carboxylic acids is 1. The maximum absolute atomic E-state index is 14.9. The lowest BCUT2D eigenvalue weighted by atomic mass is 10.0. The van der Waals surface area contributed by atoms with Gasteiger partial charge >= 0.3 is 12.2 Å². The molecule has 0 unspecified atom stereocenters. The Labute approximate surface area is 230 Å². The smallest absolute Gasteiger partial charge is 0.378 e. The van der Waals surface area contributed by atoms with Crippen LogP contribution >= 0.6 is 0 Å². The average Bonchev–Trinajstić information content (AvgIpc) is 3.66. The number of carbonyl (C=O) groups is 1. The van der Waals surface area contributed by atoms with E-state index in [0.29, 0.717) is 55.1 Å². The SMILES string of the molecule is Cc1cc(F)c(NC(=O)NCCC2(C(F)(F)F)CC2)cc1-c1cc(N2CCOCC2)nc(N2CC(N(C)C)C2)n1. The zero-order valence-corrected chi connectivity index (χ0v) is 22.9. The average molecular weight is 566 g/mol. The third kappa shape index (κ3) is 5.95. The van der Waals surface area contributed by atoms with E-state index in [2.05, 4.69) is 25.3 Å². The van der Waals surface area contributed by atoms with Crippen LogP contribution in [0.5, 0.6) is 0 Å². The largest absolute Gasteiger partial charge is 0.394 e. The zero-order valence-electron chi connectivity index (χ0n) is 22.9. The molecule has 1 aromatic heterocycles. The van der Waals surface area contributed by atoms with Crippen LogP contribution in [-0.2, 0) is 4.74 Å². The second kappa shape index (κ2) is 11.0. The summed E-state index contributed by atoms with van der Waals surface area (Å²) in [6.07, 6.45) is -4.36. The summed E-state index contributed by atoms with van der Waals surface area (Å²) < 4.78 is 59.9. The third-order valence-corrected chi connectivity index (χ3v) is 8.09. The molecule has 2 saturated heterocycles. The Morgan fingerprint density at radius 3 is 2.45 bits per heavy atom. The number of ether oxygens (including phenoxy) is 1. The zero-order chi connectivity index (χ0) is 28.7. The van der Waals surface area contributed by atoms with Crippen molar-refractivity contribution in [3.63, 3.8) is 0 Å². The Balaban J connectivity index is 1.36. The van der Waals surface area contributed by atoms with Gasteiger partial charge in [0.1, 0.15) is 11.6 Å². The fourth-order valence-electron chi connectivity index (χ4n) is 5.05. The van der Waals surface area contributed by atoms with E-state index < -0.39 is 23.4 Å². The van der Waals surface area contributed by atoms with Crippen LogP contribution < -0.4 is 20.4 Å². The fraction of sp³-hybridized carbons (Fsp3) is 0.593. The molecular weight excluding hydrogens is 530 g/mol. The molecule has 218 valence electrons. The van der Waals surface area contributed by atoms with Crippen LogP contribution in [0, 0.1) is 18.2 Å². The quantitative estimate of drug-likeness (QED) is 0.468. The van der Waals surface area contributed by atoms with E-state index in [1.165, 1.54) is 12.1 Å². The Hall–Kier alpha value is -3.19. The van der Waals surface area contributed by atoms with Gasteiger partial charge in [-0.2, -0.15) is 18.2 Å². The Morgan fingerprint density at radius 1 is 1.12 bits per heavy atom. The number of nitrogens with zero attached hydrogens (tertiary/aromatic N) is 5. The first-order valence-electron chi connectivity index (χ1n) is 13.5. The van der Waals surface area contributed by atoms with Crippen LogP contribution in [0.1, 0.15) is 24.8 Å². The lowest BCUT2D eigenvalue weighted by molar-refractivity contribution is -0.188. The summed E-state index contributed by atoms with van der Waals surface area (Å²) in [6.45, 7) is 5.70. The summed E-state index contributed by atoms with van der Waals surface area (Å²) in [6, 6.07) is 4.31. The molecule has 2 amide bonds. The van der Waals surface area contributed by atoms with Crippen molar-refractivity contribution in [3.05, 3.63) is 29.6 Å². The van der Waals surface area contributed by atoms with Crippen molar-refractivity contribution >= 4 is 23.5 Å². The highest BCUT2D eigenvalue weighted by Gasteiger charge is 2.62. The molecular formula is C27H35F4N7O2. The Morgan fingerprint density at radius 2 is 1.82 bits per heavy atom. The molecule has 2 aromatic rings. The molecule has 1 saturated carbocycles. The molecule has 40 heavy (non-hydrogen) atoms. The van der Waals surface area contributed by atoms with Crippen LogP contribution in [0.4, 0.5) is 39.8 Å². The fourth-order valence-corrected chi connectivity index (χ4v) is 5.05. The van der Waals surface area contributed by atoms with E-state index in [1.54, 1.807) is 6.92 Å². The van der Waals surface area contributed by atoms with Crippen LogP contribution in [0.15, 0.2) is 18.2 Å². The van der Waals surface area contributed by atoms with E-state index in [0.717, 1.165) is 18.9 Å². The number of aryl methyl sites for hydroxylation is 1. The first kappa shape index (κ1) is 28.3. The maximum Gasteiger partial charge on any atom is 0.394 e. The summed E-state index contributed by atoms with van der Waals surface area (Å²) >= 11 is 0. The molecule has 1 aliphatic carbocycles. The molecule has 0 bridgehead atoms. The van der Waals surface area contributed by atoms with Crippen LogP contribution in [-0.4, -0.2) is 93.2 Å². The molecule has 9 nitrogen and oxygen atoms in total. The second-order valence-electron chi connectivity index (χ2n) is 11.1. The highest BCUT2D eigenvalue weighted by atomic mass is 19.4. The van der Waals surface area contributed by atoms with Gasteiger partial charge in [0.15, 0.2) is 0 Å². The number of nitrogens with one attached hydrogen (secondary N) is 2. The number of benzene rings is 1. The predicted molar refractivity (Wildman–Crippen MR) is 144 cm³/mol. The maximum atomic E-state index is 14.9. The molecule has 0 atom stereocenters. The number of aromatic nitrogens is 2. The summed E-state index contributed by atoms with van der Waals surface area (Å²) in [7, 11) is 4.07. The van der Waals surface area contributed by atoms with Crippen molar-refractivity contribution in [1.82, 2.24) is 20.2 Å². The summed E-state index contributed by atoms with van der Waals surface area (Å²) in [5, 5.41) is 4.89. The topological polar surface area (TPSA) is 85.9 Å². The number of alkyl halides is 3. The van der Waals surface area contributed by atoms with Crippen LogP contribution in [0.3, 0.4) is 0 Å². The first-order chi connectivity index (χ1) is 19.0. The molecule has 2 N–H and O–H groups in total. The number of morpholine rings is 1. The lowest BCUT2D eigenvalue weighted by Gasteiger charge is -2.43. The van der Waals surface area contributed by atoms with Crippen molar-refractivity contribution in [3.8, 4) is 11.3 Å². The number of rotatable bonds is 8. The molecule has 0 radical (unpaired) electrons. The van der Waals surface area contributed by atoms with Crippen molar-refractivity contribution < 1.29 is 27.1 Å². The van der Waals surface area contributed by atoms with E-state index in [4.69, 9.17) is 14.7 Å².